The molecular formula is C19H18F3N5O. The largest absolute Gasteiger partial charge is 0.496 e. The summed E-state index contributed by atoms with van der Waals surface area (Å²) in [4.78, 5) is 16.8. The number of piperazine rings is 1. The maximum atomic E-state index is 13.0. The number of hydrogen-bond donors (Lipinski definition) is 0. The highest BCUT2D eigenvalue weighted by molar-refractivity contribution is 5.94. The molecule has 28 heavy (non-hydrogen) atoms. The Hall–Kier alpha value is -3.10. The van der Waals surface area contributed by atoms with Crippen LogP contribution in [-0.2, 0) is 6.18 Å². The lowest BCUT2D eigenvalue weighted by atomic mass is 10.2. The Kier molecular flexibility index (Phi) is 4.66. The Morgan fingerprint density at radius 3 is 2.43 bits per heavy atom. The van der Waals surface area contributed by atoms with Crippen LogP contribution in [0.2, 0.25) is 0 Å². The SMILES string of the molecule is COc1cccc2ncnc(N3CCN(c4cc(C(F)(F)F)ccn4)CC3)c12. The van der Waals surface area contributed by atoms with Gasteiger partial charge in [-0.2, -0.15) is 13.2 Å². The molecule has 1 saturated heterocycles. The lowest BCUT2D eigenvalue weighted by molar-refractivity contribution is -0.137. The molecule has 0 N–H and O–H groups in total. The molecule has 0 atom stereocenters. The van der Waals surface area contributed by atoms with Crippen molar-refractivity contribution in [3.63, 3.8) is 0 Å². The first-order valence-corrected chi connectivity index (χ1v) is 8.78. The highest BCUT2D eigenvalue weighted by Crippen LogP contribution is 2.33. The standard InChI is InChI=1S/C19H18F3N5O/c1-28-15-4-2-3-14-17(15)18(25-12-24-14)27-9-7-26(8-10-27)16-11-13(5-6-23-16)19(20,21)22/h2-6,11-12H,7-10H2,1H3. The van der Waals surface area contributed by atoms with Crippen molar-refractivity contribution >= 4 is 22.5 Å². The van der Waals surface area contributed by atoms with Crippen molar-refractivity contribution < 1.29 is 17.9 Å². The van der Waals surface area contributed by atoms with E-state index >= 15 is 0 Å². The second kappa shape index (κ2) is 7.14. The number of fused-ring (bicyclic) bond motifs is 1. The van der Waals surface area contributed by atoms with Gasteiger partial charge in [0.15, 0.2) is 0 Å². The molecule has 0 amide bonds. The Morgan fingerprint density at radius 2 is 1.71 bits per heavy atom. The molecule has 3 heterocycles. The van der Waals surface area contributed by atoms with Crippen LogP contribution in [0.1, 0.15) is 5.56 Å². The fourth-order valence-electron chi connectivity index (χ4n) is 3.39. The summed E-state index contributed by atoms with van der Waals surface area (Å²) in [5.74, 6) is 1.79. The lowest BCUT2D eigenvalue weighted by Crippen LogP contribution is -2.47. The van der Waals surface area contributed by atoms with E-state index in [0.717, 1.165) is 28.9 Å². The molecule has 3 aromatic rings. The zero-order valence-corrected chi connectivity index (χ0v) is 15.1. The second-order valence-electron chi connectivity index (χ2n) is 6.43. The molecule has 9 heteroatoms. The molecule has 2 aromatic heterocycles. The van der Waals surface area contributed by atoms with Crippen LogP contribution >= 0.6 is 0 Å². The normalized spacial score (nSPS) is 15.1. The molecule has 0 spiro atoms. The number of nitrogens with zero attached hydrogens (tertiary/aromatic N) is 5. The van der Waals surface area contributed by atoms with E-state index in [1.165, 1.54) is 12.5 Å². The van der Waals surface area contributed by atoms with Crippen LogP contribution in [-0.4, -0.2) is 48.2 Å². The minimum Gasteiger partial charge on any atom is -0.496 e. The van der Waals surface area contributed by atoms with Gasteiger partial charge in [-0.25, -0.2) is 15.0 Å². The van der Waals surface area contributed by atoms with E-state index in [1.54, 1.807) is 7.11 Å². The van der Waals surface area contributed by atoms with Crippen LogP contribution in [0.5, 0.6) is 5.75 Å². The third-order valence-electron chi connectivity index (χ3n) is 4.80. The van der Waals surface area contributed by atoms with Crippen molar-refractivity contribution in [1.82, 2.24) is 15.0 Å². The number of ether oxygens (including phenoxy) is 1. The Bertz CT molecular complexity index is 981. The number of alkyl halides is 3. The number of anilines is 2. The maximum Gasteiger partial charge on any atom is 0.416 e. The predicted molar refractivity (Wildman–Crippen MR) is 99.8 cm³/mol. The van der Waals surface area contributed by atoms with Gasteiger partial charge >= 0.3 is 6.18 Å². The van der Waals surface area contributed by atoms with E-state index in [1.807, 2.05) is 23.1 Å². The van der Waals surface area contributed by atoms with Crippen molar-refractivity contribution in [2.24, 2.45) is 0 Å². The Balaban J connectivity index is 1.57. The van der Waals surface area contributed by atoms with Crippen molar-refractivity contribution in [1.29, 1.82) is 0 Å². The molecule has 0 radical (unpaired) electrons. The highest BCUT2D eigenvalue weighted by Gasteiger charge is 2.31. The molecule has 0 bridgehead atoms. The van der Waals surface area contributed by atoms with E-state index in [0.29, 0.717) is 37.7 Å². The summed E-state index contributed by atoms with van der Waals surface area (Å²) in [5, 5.41) is 0.832. The van der Waals surface area contributed by atoms with Crippen molar-refractivity contribution in [2.45, 2.75) is 6.18 Å². The van der Waals surface area contributed by atoms with Crippen molar-refractivity contribution in [2.75, 3.05) is 43.1 Å². The van der Waals surface area contributed by atoms with Crippen LogP contribution in [0.25, 0.3) is 10.9 Å². The van der Waals surface area contributed by atoms with Crippen LogP contribution in [0.4, 0.5) is 24.8 Å². The lowest BCUT2D eigenvalue weighted by Gasteiger charge is -2.36. The van der Waals surface area contributed by atoms with Gasteiger partial charge in [-0.15, -0.1) is 0 Å². The van der Waals surface area contributed by atoms with Gasteiger partial charge in [0.1, 0.15) is 23.7 Å². The van der Waals surface area contributed by atoms with E-state index in [-0.39, 0.29) is 0 Å². The monoisotopic (exact) mass is 389 g/mol. The summed E-state index contributed by atoms with van der Waals surface area (Å²) in [7, 11) is 1.60. The highest BCUT2D eigenvalue weighted by atomic mass is 19.4. The quantitative estimate of drug-likeness (QED) is 0.685. The number of rotatable bonds is 3. The van der Waals surface area contributed by atoms with Gasteiger partial charge in [0.25, 0.3) is 0 Å². The molecule has 1 fully saturated rings. The first-order valence-electron chi connectivity index (χ1n) is 8.78. The molecule has 146 valence electrons. The summed E-state index contributed by atoms with van der Waals surface area (Å²) in [6.45, 7) is 2.27. The van der Waals surface area contributed by atoms with Gasteiger partial charge < -0.3 is 14.5 Å². The van der Waals surface area contributed by atoms with Crippen LogP contribution in [0.3, 0.4) is 0 Å². The van der Waals surface area contributed by atoms with Crippen LogP contribution in [0.15, 0.2) is 42.9 Å². The second-order valence-corrected chi connectivity index (χ2v) is 6.43. The topological polar surface area (TPSA) is 54.4 Å². The van der Waals surface area contributed by atoms with E-state index in [2.05, 4.69) is 19.9 Å². The molecule has 0 unspecified atom stereocenters. The molecule has 1 aromatic carbocycles. The summed E-state index contributed by atoms with van der Waals surface area (Å²) >= 11 is 0. The van der Waals surface area contributed by atoms with E-state index in [4.69, 9.17) is 4.74 Å². The van der Waals surface area contributed by atoms with Gasteiger partial charge in [-0.3, -0.25) is 0 Å². The molecule has 1 aliphatic rings. The summed E-state index contributed by atoms with van der Waals surface area (Å²) in [5.41, 5.74) is 0.0952. The van der Waals surface area contributed by atoms with Crippen LogP contribution in [0, 0.1) is 0 Å². The third kappa shape index (κ3) is 3.39. The zero-order chi connectivity index (χ0) is 19.7. The molecule has 4 rings (SSSR count). The number of halogens is 3. The van der Waals surface area contributed by atoms with Crippen molar-refractivity contribution in [3.05, 3.63) is 48.4 Å². The number of pyridine rings is 1. The molecule has 0 saturated carbocycles. The van der Waals surface area contributed by atoms with E-state index in [9.17, 15) is 13.2 Å². The summed E-state index contributed by atoms with van der Waals surface area (Å²) < 4.78 is 44.3. The number of hydrogen-bond acceptors (Lipinski definition) is 6. The number of aromatic nitrogens is 3. The first kappa shape index (κ1) is 18.3. The third-order valence-corrected chi connectivity index (χ3v) is 4.80. The van der Waals surface area contributed by atoms with Gasteiger partial charge in [0.05, 0.1) is 23.6 Å². The predicted octanol–water partition coefficient (Wildman–Crippen LogP) is 3.38. The maximum absolute atomic E-state index is 13.0. The minimum atomic E-state index is -4.38. The average Bonchev–Trinajstić information content (AvgIpc) is 2.72. The van der Waals surface area contributed by atoms with Gasteiger partial charge in [0, 0.05) is 32.4 Å². The first-order chi connectivity index (χ1) is 13.5. The number of benzene rings is 1. The van der Waals surface area contributed by atoms with Gasteiger partial charge in [-0.05, 0) is 24.3 Å². The Morgan fingerprint density at radius 1 is 0.964 bits per heavy atom. The summed E-state index contributed by atoms with van der Waals surface area (Å²) in [6.07, 6.45) is -1.67. The fraction of sp³-hybridized carbons (Fsp3) is 0.316. The molecule has 1 aliphatic heterocycles. The molecule has 6 nitrogen and oxygen atoms in total. The minimum absolute atomic E-state index is 0.333. The van der Waals surface area contributed by atoms with Crippen LogP contribution < -0.4 is 14.5 Å². The van der Waals surface area contributed by atoms with Crippen molar-refractivity contribution in [3.8, 4) is 5.75 Å². The fourth-order valence-corrected chi connectivity index (χ4v) is 3.39. The smallest absolute Gasteiger partial charge is 0.416 e. The summed E-state index contributed by atoms with van der Waals surface area (Å²) in [6, 6.07) is 7.71. The Labute approximate surface area is 159 Å². The average molecular weight is 389 g/mol. The molecular weight excluding hydrogens is 371 g/mol. The zero-order valence-electron chi connectivity index (χ0n) is 15.1. The van der Waals surface area contributed by atoms with Gasteiger partial charge in [0.2, 0.25) is 0 Å². The number of methoxy groups -OCH3 is 1. The molecule has 0 aliphatic carbocycles. The van der Waals surface area contributed by atoms with Gasteiger partial charge in [-0.1, -0.05) is 6.07 Å². The van der Waals surface area contributed by atoms with E-state index < -0.39 is 11.7 Å².